The summed E-state index contributed by atoms with van der Waals surface area (Å²) in [5, 5.41) is 4.54. The van der Waals surface area contributed by atoms with Gasteiger partial charge in [0.2, 0.25) is 0 Å². The molecule has 0 spiro atoms. The summed E-state index contributed by atoms with van der Waals surface area (Å²) in [4.78, 5) is 0. The van der Waals surface area contributed by atoms with Gasteiger partial charge in [-0.15, -0.1) is 0 Å². The average Bonchev–Trinajstić information content (AvgIpc) is 2.57. The van der Waals surface area contributed by atoms with Crippen LogP contribution < -0.4 is 5.73 Å². The minimum Gasteiger partial charge on any atom is -0.328 e. The molecule has 0 aliphatic heterocycles. The fraction of sp³-hybridized carbons (Fsp3) is 0.357. The highest BCUT2D eigenvalue weighted by atomic mass is 79.9. The van der Waals surface area contributed by atoms with Crippen molar-refractivity contribution in [1.29, 1.82) is 0 Å². The standard InChI is InChI=1S/C14H18BrN3/c1-9(16)6-12-8-13(15)4-5-14(12)18-11(3)7-10(2)17-18/h4-5,7-9H,6,16H2,1-3H3. The lowest BCUT2D eigenvalue weighted by atomic mass is 10.1. The van der Waals surface area contributed by atoms with E-state index in [1.165, 1.54) is 5.56 Å². The van der Waals surface area contributed by atoms with Crippen LogP contribution in [0.25, 0.3) is 5.69 Å². The molecule has 0 aliphatic carbocycles. The van der Waals surface area contributed by atoms with Crippen molar-refractivity contribution in [1.82, 2.24) is 9.78 Å². The summed E-state index contributed by atoms with van der Waals surface area (Å²) in [6.45, 7) is 6.09. The molecule has 1 aromatic carbocycles. The molecule has 2 N–H and O–H groups in total. The summed E-state index contributed by atoms with van der Waals surface area (Å²) >= 11 is 3.51. The second kappa shape index (κ2) is 5.24. The quantitative estimate of drug-likeness (QED) is 0.946. The number of aryl methyl sites for hydroxylation is 2. The van der Waals surface area contributed by atoms with Gasteiger partial charge in [-0.3, -0.25) is 0 Å². The Morgan fingerprint density at radius 2 is 2.06 bits per heavy atom. The van der Waals surface area contributed by atoms with Gasteiger partial charge in [-0.1, -0.05) is 15.9 Å². The summed E-state index contributed by atoms with van der Waals surface area (Å²) in [6, 6.07) is 8.46. The Labute approximate surface area is 116 Å². The van der Waals surface area contributed by atoms with Crippen molar-refractivity contribution < 1.29 is 0 Å². The zero-order valence-electron chi connectivity index (χ0n) is 10.9. The molecular weight excluding hydrogens is 290 g/mol. The maximum absolute atomic E-state index is 5.92. The van der Waals surface area contributed by atoms with E-state index >= 15 is 0 Å². The smallest absolute Gasteiger partial charge is 0.0682 e. The number of benzene rings is 1. The Hall–Kier alpha value is -1.13. The summed E-state index contributed by atoms with van der Waals surface area (Å²) < 4.78 is 3.06. The van der Waals surface area contributed by atoms with E-state index < -0.39 is 0 Å². The Balaban J connectivity index is 2.52. The molecule has 18 heavy (non-hydrogen) atoms. The van der Waals surface area contributed by atoms with Gasteiger partial charge in [0.15, 0.2) is 0 Å². The van der Waals surface area contributed by atoms with E-state index in [-0.39, 0.29) is 6.04 Å². The number of aromatic nitrogens is 2. The van der Waals surface area contributed by atoms with Crippen LogP contribution >= 0.6 is 15.9 Å². The topological polar surface area (TPSA) is 43.8 Å². The van der Waals surface area contributed by atoms with Gasteiger partial charge in [0.25, 0.3) is 0 Å². The molecule has 4 heteroatoms. The summed E-state index contributed by atoms with van der Waals surface area (Å²) in [5.74, 6) is 0. The fourth-order valence-corrected chi connectivity index (χ4v) is 2.55. The van der Waals surface area contributed by atoms with Crippen LogP contribution in [0.2, 0.25) is 0 Å². The van der Waals surface area contributed by atoms with Crippen LogP contribution in [0, 0.1) is 13.8 Å². The fourth-order valence-electron chi connectivity index (χ4n) is 2.14. The van der Waals surface area contributed by atoms with Crippen LogP contribution in [0.1, 0.15) is 23.9 Å². The zero-order chi connectivity index (χ0) is 13.3. The molecule has 0 amide bonds. The van der Waals surface area contributed by atoms with Crippen molar-refractivity contribution in [3.05, 3.63) is 45.7 Å². The normalized spacial score (nSPS) is 12.7. The molecule has 1 aromatic heterocycles. The average molecular weight is 308 g/mol. The lowest BCUT2D eigenvalue weighted by Crippen LogP contribution is -2.19. The first-order valence-corrected chi connectivity index (χ1v) is 6.84. The van der Waals surface area contributed by atoms with Crippen molar-refractivity contribution in [2.45, 2.75) is 33.2 Å². The molecule has 3 nitrogen and oxygen atoms in total. The first-order valence-electron chi connectivity index (χ1n) is 6.05. The van der Waals surface area contributed by atoms with Crippen molar-refractivity contribution in [2.75, 3.05) is 0 Å². The predicted octanol–water partition coefficient (Wildman–Crippen LogP) is 3.14. The molecule has 0 radical (unpaired) electrons. The summed E-state index contributed by atoms with van der Waals surface area (Å²) in [7, 11) is 0. The molecule has 0 bridgehead atoms. The Kier molecular flexibility index (Phi) is 3.88. The third kappa shape index (κ3) is 2.82. The molecule has 0 saturated carbocycles. The van der Waals surface area contributed by atoms with Gasteiger partial charge in [-0.2, -0.15) is 5.10 Å². The van der Waals surface area contributed by atoms with Crippen LogP contribution in [0.3, 0.4) is 0 Å². The SMILES string of the molecule is Cc1cc(C)n(-c2ccc(Br)cc2CC(C)N)n1. The van der Waals surface area contributed by atoms with Crippen LogP contribution in [0.15, 0.2) is 28.7 Å². The van der Waals surface area contributed by atoms with Crippen molar-refractivity contribution in [3.63, 3.8) is 0 Å². The van der Waals surface area contributed by atoms with Crippen LogP contribution in [0.5, 0.6) is 0 Å². The number of hydrogen-bond acceptors (Lipinski definition) is 2. The maximum Gasteiger partial charge on any atom is 0.0682 e. The van der Waals surface area contributed by atoms with Crippen LogP contribution in [0.4, 0.5) is 0 Å². The second-order valence-corrected chi connectivity index (χ2v) is 5.71. The van der Waals surface area contributed by atoms with Gasteiger partial charge in [0, 0.05) is 16.2 Å². The van der Waals surface area contributed by atoms with E-state index in [0.29, 0.717) is 0 Å². The van der Waals surface area contributed by atoms with E-state index in [0.717, 1.165) is 28.0 Å². The van der Waals surface area contributed by atoms with Crippen molar-refractivity contribution in [3.8, 4) is 5.69 Å². The van der Waals surface area contributed by atoms with Crippen molar-refractivity contribution in [2.24, 2.45) is 5.73 Å². The zero-order valence-corrected chi connectivity index (χ0v) is 12.5. The summed E-state index contributed by atoms with van der Waals surface area (Å²) in [6.07, 6.45) is 0.840. The Morgan fingerprint density at radius 1 is 1.33 bits per heavy atom. The van der Waals surface area contributed by atoms with Gasteiger partial charge in [0.05, 0.1) is 11.4 Å². The number of hydrogen-bond donors (Lipinski definition) is 1. The third-order valence-corrected chi connectivity index (χ3v) is 3.31. The second-order valence-electron chi connectivity index (χ2n) is 4.79. The van der Waals surface area contributed by atoms with Crippen molar-refractivity contribution >= 4 is 15.9 Å². The van der Waals surface area contributed by atoms with E-state index in [2.05, 4.69) is 46.2 Å². The largest absolute Gasteiger partial charge is 0.328 e. The predicted molar refractivity (Wildman–Crippen MR) is 78.1 cm³/mol. The summed E-state index contributed by atoms with van der Waals surface area (Å²) in [5.41, 5.74) is 10.4. The van der Waals surface area contributed by atoms with Gasteiger partial charge in [-0.05, 0) is 57.0 Å². The lowest BCUT2D eigenvalue weighted by Gasteiger charge is -2.13. The highest BCUT2D eigenvalue weighted by Gasteiger charge is 2.10. The van der Waals surface area contributed by atoms with Gasteiger partial charge in [-0.25, -0.2) is 4.68 Å². The molecule has 0 aliphatic rings. The third-order valence-electron chi connectivity index (χ3n) is 2.82. The Bertz CT molecular complexity index is 558. The molecule has 0 fully saturated rings. The van der Waals surface area contributed by atoms with Crippen LogP contribution in [-0.4, -0.2) is 15.8 Å². The van der Waals surface area contributed by atoms with Crippen LogP contribution in [-0.2, 0) is 6.42 Å². The van der Waals surface area contributed by atoms with E-state index in [1.807, 2.05) is 24.6 Å². The van der Waals surface area contributed by atoms with Gasteiger partial charge in [0.1, 0.15) is 0 Å². The minimum atomic E-state index is 0.134. The molecule has 1 atom stereocenters. The van der Waals surface area contributed by atoms with E-state index in [1.54, 1.807) is 0 Å². The molecule has 2 aromatic rings. The molecule has 1 unspecified atom stereocenters. The molecule has 96 valence electrons. The number of rotatable bonds is 3. The first kappa shape index (κ1) is 13.3. The van der Waals surface area contributed by atoms with Gasteiger partial charge >= 0.3 is 0 Å². The molecule has 0 saturated heterocycles. The van der Waals surface area contributed by atoms with Gasteiger partial charge < -0.3 is 5.73 Å². The maximum atomic E-state index is 5.92. The molecule has 1 heterocycles. The number of nitrogens with zero attached hydrogens (tertiary/aromatic N) is 2. The Morgan fingerprint density at radius 3 is 2.61 bits per heavy atom. The molecule has 2 rings (SSSR count). The lowest BCUT2D eigenvalue weighted by molar-refractivity contribution is 0.723. The number of nitrogens with two attached hydrogens (primary N) is 1. The first-order chi connectivity index (χ1) is 8.47. The highest BCUT2D eigenvalue weighted by molar-refractivity contribution is 9.10. The monoisotopic (exact) mass is 307 g/mol. The highest BCUT2D eigenvalue weighted by Crippen LogP contribution is 2.22. The van der Waals surface area contributed by atoms with E-state index in [4.69, 9.17) is 5.73 Å². The molecular formula is C14H18BrN3. The minimum absolute atomic E-state index is 0.134. The van der Waals surface area contributed by atoms with E-state index in [9.17, 15) is 0 Å². The number of halogens is 1.